The SMILES string of the molecule is Cn1ncc(OCCCCN2CCN(c3cccc(Cl)c3)CC2)nc1=O.O=C(O)C=CC(=O)O. The van der Waals surface area contributed by atoms with Crippen LogP contribution in [0.3, 0.4) is 0 Å². The molecule has 0 radical (unpaired) electrons. The summed E-state index contributed by atoms with van der Waals surface area (Å²) in [5.41, 5.74) is 0.792. The van der Waals surface area contributed by atoms with Gasteiger partial charge in [0.25, 0.3) is 0 Å². The molecule has 1 aromatic heterocycles. The number of unbranched alkanes of at least 4 members (excludes halogenated alkanes) is 1. The summed E-state index contributed by atoms with van der Waals surface area (Å²) in [6.07, 6.45) is 4.56. The van der Waals surface area contributed by atoms with Crippen LogP contribution in [0.15, 0.2) is 47.4 Å². The topological polar surface area (TPSA) is 138 Å². The van der Waals surface area contributed by atoms with Crippen LogP contribution in [0, 0.1) is 0 Å². The highest BCUT2D eigenvalue weighted by Gasteiger charge is 2.16. The van der Waals surface area contributed by atoms with Gasteiger partial charge in [-0.1, -0.05) is 17.7 Å². The molecule has 0 spiro atoms. The fourth-order valence-electron chi connectivity index (χ4n) is 3.11. The molecule has 3 rings (SSSR count). The van der Waals surface area contributed by atoms with Gasteiger partial charge in [0.05, 0.1) is 6.61 Å². The second-order valence-electron chi connectivity index (χ2n) is 7.37. The molecule has 0 aliphatic carbocycles. The molecule has 0 saturated carbocycles. The summed E-state index contributed by atoms with van der Waals surface area (Å²) in [6, 6.07) is 8.03. The maximum Gasteiger partial charge on any atom is 0.366 e. The van der Waals surface area contributed by atoms with Gasteiger partial charge in [-0.05, 0) is 37.6 Å². The zero-order chi connectivity index (χ0) is 24.9. The minimum Gasteiger partial charge on any atom is -0.478 e. The van der Waals surface area contributed by atoms with Crippen molar-refractivity contribution in [1.29, 1.82) is 0 Å². The van der Waals surface area contributed by atoms with Crippen molar-refractivity contribution in [2.45, 2.75) is 12.8 Å². The van der Waals surface area contributed by atoms with Crippen LogP contribution in [0.4, 0.5) is 5.69 Å². The van der Waals surface area contributed by atoms with E-state index in [0.29, 0.717) is 24.6 Å². The van der Waals surface area contributed by atoms with Crippen molar-refractivity contribution >= 4 is 29.2 Å². The van der Waals surface area contributed by atoms with Crippen molar-refractivity contribution < 1.29 is 24.5 Å². The van der Waals surface area contributed by atoms with Gasteiger partial charge in [-0.25, -0.2) is 19.1 Å². The molecule has 1 saturated heterocycles. The molecular formula is C22H28ClN5O6. The van der Waals surface area contributed by atoms with Crippen molar-refractivity contribution in [3.8, 4) is 5.88 Å². The number of hydrogen-bond donors (Lipinski definition) is 2. The molecule has 1 aliphatic heterocycles. The molecule has 184 valence electrons. The number of aromatic nitrogens is 3. The van der Waals surface area contributed by atoms with Crippen LogP contribution in [0.2, 0.25) is 5.02 Å². The summed E-state index contributed by atoms with van der Waals surface area (Å²) in [4.78, 5) is 39.1. The Kier molecular flexibility index (Phi) is 11.0. The first kappa shape index (κ1) is 26.8. The Morgan fingerprint density at radius 1 is 1.12 bits per heavy atom. The average molecular weight is 494 g/mol. The van der Waals surface area contributed by atoms with E-state index < -0.39 is 17.6 Å². The molecule has 2 N–H and O–H groups in total. The van der Waals surface area contributed by atoms with E-state index in [-0.39, 0.29) is 0 Å². The number of carbonyl (C=O) groups is 2. The highest BCUT2D eigenvalue weighted by molar-refractivity contribution is 6.30. The number of aliphatic carboxylic acids is 2. The van der Waals surface area contributed by atoms with Gasteiger partial charge in [-0.3, -0.25) is 4.90 Å². The number of aryl methyl sites for hydroxylation is 1. The number of nitrogens with zero attached hydrogens (tertiary/aromatic N) is 5. The lowest BCUT2D eigenvalue weighted by Crippen LogP contribution is -2.46. The van der Waals surface area contributed by atoms with Gasteiger partial charge in [0, 0.05) is 56.1 Å². The first-order chi connectivity index (χ1) is 16.2. The maximum absolute atomic E-state index is 11.4. The van der Waals surface area contributed by atoms with E-state index in [0.717, 1.165) is 50.6 Å². The predicted molar refractivity (Wildman–Crippen MR) is 127 cm³/mol. The Balaban J connectivity index is 0.000000440. The van der Waals surface area contributed by atoms with Gasteiger partial charge >= 0.3 is 17.6 Å². The van der Waals surface area contributed by atoms with Crippen molar-refractivity contribution in [3.05, 3.63) is 58.1 Å². The largest absolute Gasteiger partial charge is 0.478 e. The van der Waals surface area contributed by atoms with E-state index in [1.807, 2.05) is 18.2 Å². The van der Waals surface area contributed by atoms with Gasteiger partial charge in [0.2, 0.25) is 5.88 Å². The summed E-state index contributed by atoms with van der Waals surface area (Å²) >= 11 is 6.08. The number of ether oxygens (including phenoxy) is 1. The molecule has 34 heavy (non-hydrogen) atoms. The minimum atomic E-state index is -1.26. The highest BCUT2D eigenvalue weighted by Crippen LogP contribution is 2.20. The van der Waals surface area contributed by atoms with Crippen molar-refractivity contribution in [2.75, 3.05) is 44.2 Å². The molecule has 12 heteroatoms. The van der Waals surface area contributed by atoms with E-state index in [2.05, 4.69) is 25.9 Å². The number of carboxylic acids is 2. The number of benzene rings is 1. The molecule has 0 unspecified atom stereocenters. The zero-order valence-corrected chi connectivity index (χ0v) is 19.6. The molecule has 1 aliphatic rings. The Hall–Kier alpha value is -3.44. The molecular weight excluding hydrogens is 466 g/mol. The van der Waals surface area contributed by atoms with Crippen LogP contribution < -0.4 is 15.3 Å². The van der Waals surface area contributed by atoms with Gasteiger partial charge < -0.3 is 19.8 Å². The molecule has 0 bridgehead atoms. The number of hydrogen-bond acceptors (Lipinski definition) is 8. The summed E-state index contributed by atoms with van der Waals surface area (Å²) < 4.78 is 6.67. The van der Waals surface area contributed by atoms with E-state index in [9.17, 15) is 14.4 Å². The zero-order valence-electron chi connectivity index (χ0n) is 18.8. The predicted octanol–water partition coefficient (Wildman–Crippen LogP) is 1.52. The second kappa shape index (κ2) is 14.0. The highest BCUT2D eigenvalue weighted by atomic mass is 35.5. The molecule has 2 aromatic rings. The van der Waals surface area contributed by atoms with Crippen LogP contribution >= 0.6 is 11.6 Å². The van der Waals surface area contributed by atoms with E-state index >= 15 is 0 Å². The van der Waals surface area contributed by atoms with Crippen LogP contribution in [-0.2, 0) is 16.6 Å². The molecule has 0 amide bonds. The second-order valence-corrected chi connectivity index (χ2v) is 7.81. The van der Waals surface area contributed by atoms with Gasteiger partial charge in [0.1, 0.15) is 6.20 Å². The van der Waals surface area contributed by atoms with Gasteiger partial charge in [0.15, 0.2) is 0 Å². The number of anilines is 1. The number of piperazine rings is 1. The quantitative estimate of drug-likeness (QED) is 0.390. The summed E-state index contributed by atoms with van der Waals surface area (Å²) in [7, 11) is 1.56. The number of carboxylic acid groups (broad SMARTS) is 2. The summed E-state index contributed by atoms with van der Waals surface area (Å²) in [5.74, 6) is -2.22. The van der Waals surface area contributed by atoms with Crippen LogP contribution in [0.25, 0.3) is 0 Å². The van der Waals surface area contributed by atoms with E-state index in [4.69, 9.17) is 26.6 Å². The van der Waals surface area contributed by atoms with Crippen LogP contribution in [-0.4, -0.2) is 81.1 Å². The molecule has 1 aromatic carbocycles. The standard InChI is InChI=1S/C18H24ClN5O2.C4H4O4/c1-22-18(25)21-17(14-20-22)26-12-3-2-7-23-8-10-24(11-9-23)16-6-4-5-15(19)13-16;5-3(6)1-2-4(7)8/h4-6,13-14H,2-3,7-12H2,1H3;1-2H,(H,5,6)(H,7,8). The molecule has 0 atom stereocenters. The average Bonchev–Trinajstić information content (AvgIpc) is 2.80. The number of rotatable bonds is 9. The fourth-order valence-corrected chi connectivity index (χ4v) is 3.29. The Morgan fingerprint density at radius 2 is 1.79 bits per heavy atom. The first-order valence-corrected chi connectivity index (χ1v) is 11.0. The van der Waals surface area contributed by atoms with Gasteiger partial charge in [-0.15, -0.1) is 0 Å². The Morgan fingerprint density at radius 3 is 2.38 bits per heavy atom. The minimum absolute atomic E-state index is 0.295. The molecule has 1 fully saturated rings. The monoisotopic (exact) mass is 493 g/mol. The lowest BCUT2D eigenvalue weighted by molar-refractivity contribution is -0.134. The third kappa shape index (κ3) is 10.0. The smallest absolute Gasteiger partial charge is 0.366 e. The Bertz CT molecular complexity index is 1020. The fraction of sp³-hybridized carbons (Fsp3) is 0.409. The lowest BCUT2D eigenvalue weighted by atomic mass is 10.2. The number of halogens is 1. The normalized spacial score (nSPS) is 13.9. The maximum atomic E-state index is 11.4. The third-order valence-corrected chi connectivity index (χ3v) is 5.09. The molecule has 11 nitrogen and oxygen atoms in total. The van der Waals surface area contributed by atoms with Crippen molar-refractivity contribution in [2.24, 2.45) is 7.05 Å². The van der Waals surface area contributed by atoms with E-state index in [1.54, 1.807) is 7.05 Å². The van der Waals surface area contributed by atoms with Gasteiger partial charge in [-0.2, -0.15) is 10.1 Å². The van der Waals surface area contributed by atoms with E-state index in [1.165, 1.54) is 16.6 Å². The lowest BCUT2D eigenvalue weighted by Gasteiger charge is -2.36. The Labute approximate surface area is 201 Å². The van der Waals surface area contributed by atoms with Crippen molar-refractivity contribution in [3.63, 3.8) is 0 Å². The van der Waals surface area contributed by atoms with Crippen molar-refractivity contribution in [1.82, 2.24) is 19.7 Å². The summed E-state index contributed by atoms with van der Waals surface area (Å²) in [6.45, 7) is 5.72. The van der Waals surface area contributed by atoms with Crippen LogP contribution in [0.1, 0.15) is 12.8 Å². The first-order valence-electron chi connectivity index (χ1n) is 10.6. The van der Waals surface area contributed by atoms with Crippen LogP contribution in [0.5, 0.6) is 5.88 Å². The third-order valence-electron chi connectivity index (χ3n) is 4.86. The summed E-state index contributed by atoms with van der Waals surface area (Å²) in [5, 5.41) is 20.3. The molecule has 2 heterocycles.